The molecule has 2 aromatic heterocycles. The average molecular weight is 446 g/mol. The monoisotopic (exact) mass is 445 g/mol. The quantitative estimate of drug-likeness (QED) is 0.629. The second-order valence-electron chi connectivity index (χ2n) is 7.03. The van der Waals surface area contributed by atoms with Gasteiger partial charge in [-0.15, -0.1) is 11.3 Å². The fraction of sp³-hybridized carbons (Fsp3) is 0.286. The number of pyridine rings is 1. The van der Waals surface area contributed by atoms with Crippen molar-refractivity contribution in [3.63, 3.8) is 0 Å². The van der Waals surface area contributed by atoms with Gasteiger partial charge in [0.05, 0.1) is 27.6 Å². The van der Waals surface area contributed by atoms with Crippen LogP contribution in [0, 0.1) is 0 Å². The Labute approximate surface area is 182 Å². The van der Waals surface area contributed by atoms with Crippen molar-refractivity contribution < 1.29 is 19.4 Å². The van der Waals surface area contributed by atoms with Crippen molar-refractivity contribution in [3.8, 4) is 11.5 Å². The molecule has 1 aliphatic heterocycles. The Bertz CT molecular complexity index is 1120. The zero-order chi connectivity index (χ0) is 21.3. The Hall–Kier alpha value is -2.68. The van der Waals surface area contributed by atoms with Crippen molar-refractivity contribution in [3.05, 3.63) is 52.0 Å². The highest BCUT2D eigenvalue weighted by Crippen LogP contribution is 2.36. The number of β-amino-alcohol motifs (C(OH)–C–C–N with tert-alkyl or cyclic N) is 1. The zero-order valence-electron chi connectivity index (χ0n) is 16.2. The molecular formula is C21H20ClN3O4S. The van der Waals surface area contributed by atoms with E-state index in [1.54, 1.807) is 48.5 Å². The van der Waals surface area contributed by atoms with Crippen LogP contribution in [-0.2, 0) is 11.2 Å². The summed E-state index contributed by atoms with van der Waals surface area (Å²) in [7, 11) is 1.58. The number of nitrogens with zero attached hydrogens (tertiary/aromatic N) is 2. The summed E-state index contributed by atoms with van der Waals surface area (Å²) in [6.45, 7) is 0.900. The Morgan fingerprint density at radius 1 is 1.37 bits per heavy atom. The number of thiophene rings is 1. The van der Waals surface area contributed by atoms with Gasteiger partial charge in [0.1, 0.15) is 11.5 Å². The van der Waals surface area contributed by atoms with Crippen LogP contribution < -0.4 is 10.1 Å². The first kappa shape index (κ1) is 20.6. The molecule has 9 heteroatoms. The predicted octanol–water partition coefficient (Wildman–Crippen LogP) is 3.24. The third-order valence-electron chi connectivity index (χ3n) is 4.92. The van der Waals surface area contributed by atoms with Gasteiger partial charge >= 0.3 is 0 Å². The van der Waals surface area contributed by atoms with Crippen LogP contribution in [0.3, 0.4) is 0 Å². The summed E-state index contributed by atoms with van der Waals surface area (Å²) in [4.78, 5) is 30.9. The lowest BCUT2D eigenvalue weighted by molar-refractivity contribution is -0.119. The highest BCUT2D eigenvalue weighted by Gasteiger charge is 2.27. The SMILES string of the molecule is CNC(=O)Cc1ccc(Oc2ccnc3cc(C(=O)N4CC[C@@H](O)C4)sc23)cc1Cl. The molecule has 1 aromatic carbocycles. The molecule has 0 saturated carbocycles. The van der Waals surface area contributed by atoms with Crippen molar-refractivity contribution >= 4 is 45.0 Å². The Kier molecular flexibility index (Phi) is 5.90. The van der Waals surface area contributed by atoms with E-state index in [1.807, 2.05) is 0 Å². The van der Waals surface area contributed by atoms with Crippen molar-refractivity contribution in [2.75, 3.05) is 20.1 Å². The molecule has 0 bridgehead atoms. The van der Waals surface area contributed by atoms with E-state index in [0.29, 0.717) is 52.0 Å². The molecule has 0 radical (unpaired) electrons. The molecule has 4 rings (SSSR count). The summed E-state index contributed by atoms with van der Waals surface area (Å²) in [5, 5.41) is 12.7. The summed E-state index contributed by atoms with van der Waals surface area (Å²) in [6, 6.07) is 8.66. The van der Waals surface area contributed by atoms with Crippen LogP contribution in [0.4, 0.5) is 0 Å². The average Bonchev–Trinajstić information content (AvgIpc) is 3.36. The number of hydrogen-bond donors (Lipinski definition) is 2. The molecule has 0 spiro atoms. The van der Waals surface area contributed by atoms with E-state index in [9.17, 15) is 14.7 Å². The number of benzene rings is 1. The summed E-state index contributed by atoms with van der Waals surface area (Å²) in [5.74, 6) is 0.863. The molecule has 156 valence electrons. The highest BCUT2D eigenvalue weighted by molar-refractivity contribution is 7.21. The summed E-state index contributed by atoms with van der Waals surface area (Å²) in [5.41, 5.74) is 1.38. The minimum atomic E-state index is -0.462. The fourth-order valence-electron chi connectivity index (χ4n) is 3.31. The van der Waals surface area contributed by atoms with Gasteiger partial charge in [0.2, 0.25) is 5.91 Å². The van der Waals surface area contributed by atoms with Gasteiger partial charge in [-0.25, -0.2) is 0 Å². The first-order chi connectivity index (χ1) is 14.4. The molecule has 30 heavy (non-hydrogen) atoms. The molecule has 3 heterocycles. The van der Waals surface area contributed by atoms with E-state index in [0.717, 1.165) is 4.70 Å². The second-order valence-corrected chi connectivity index (χ2v) is 8.49. The molecule has 1 atom stereocenters. The second kappa shape index (κ2) is 8.59. The third kappa shape index (κ3) is 4.26. The number of halogens is 1. The van der Waals surface area contributed by atoms with Gasteiger partial charge < -0.3 is 20.1 Å². The molecule has 1 saturated heterocycles. The molecule has 2 amide bonds. The Balaban J connectivity index is 1.57. The number of aliphatic hydroxyl groups is 1. The van der Waals surface area contributed by atoms with Gasteiger partial charge in [0.15, 0.2) is 0 Å². The van der Waals surface area contributed by atoms with Gasteiger partial charge in [0, 0.05) is 37.4 Å². The number of fused-ring (bicyclic) bond motifs is 1. The number of amides is 2. The van der Waals surface area contributed by atoms with E-state index in [1.165, 1.54) is 11.3 Å². The topological polar surface area (TPSA) is 91.8 Å². The first-order valence-electron chi connectivity index (χ1n) is 9.47. The molecule has 1 fully saturated rings. The maximum atomic E-state index is 12.7. The van der Waals surface area contributed by atoms with Gasteiger partial charge in [0.25, 0.3) is 5.91 Å². The largest absolute Gasteiger partial charge is 0.456 e. The lowest BCUT2D eigenvalue weighted by Crippen LogP contribution is -2.28. The van der Waals surface area contributed by atoms with Crippen LogP contribution in [0.5, 0.6) is 11.5 Å². The van der Waals surface area contributed by atoms with Crippen molar-refractivity contribution in [1.82, 2.24) is 15.2 Å². The first-order valence-corrected chi connectivity index (χ1v) is 10.7. The highest BCUT2D eigenvalue weighted by atomic mass is 35.5. The van der Waals surface area contributed by atoms with Crippen LogP contribution in [0.1, 0.15) is 21.7 Å². The minimum absolute atomic E-state index is 0.109. The van der Waals surface area contributed by atoms with E-state index < -0.39 is 6.10 Å². The third-order valence-corrected chi connectivity index (χ3v) is 6.40. The van der Waals surface area contributed by atoms with Gasteiger partial charge in [-0.3, -0.25) is 14.6 Å². The number of rotatable bonds is 5. The number of nitrogens with one attached hydrogen (secondary N) is 1. The minimum Gasteiger partial charge on any atom is -0.456 e. The van der Waals surface area contributed by atoms with Crippen LogP contribution >= 0.6 is 22.9 Å². The number of aromatic nitrogens is 1. The molecule has 1 aliphatic rings. The number of likely N-dealkylation sites (N-methyl/N-ethyl adjacent to an activating group) is 1. The summed E-state index contributed by atoms with van der Waals surface area (Å²) < 4.78 is 6.77. The van der Waals surface area contributed by atoms with Crippen LogP contribution in [0.25, 0.3) is 10.2 Å². The number of carbonyl (C=O) groups excluding carboxylic acids is 2. The van der Waals surface area contributed by atoms with Crippen LogP contribution in [0.15, 0.2) is 36.5 Å². The summed E-state index contributed by atoms with van der Waals surface area (Å²) in [6.07, 6.45) is 1.95. The lowest BCUT2D eigenvalue weighted by atomic mass is 10.1. The van der Waals surface area contributed by atoms with Crippen LogP contribution in [-0.4, -0.2) is 53.0 Å². The maximum Gasteiger partial charge on any atom is 0.264 e. The fourth-order valence-corrected chi connectivity index (χ4v) is 4.58. The zero-order valence-corrected chi connectivity index (χ0v) is 17.8. The maximum absolute atomic E-state index is 12.7. The number of aliphatic hydroxyl groups excluding tert-OH is 1. The lowest BCUT2D eigenvalue weighted by Gasteiger charge is -2.13. The smallest absolute Gasteiger partial charge is 0.264 e. The van der Waals surface area contributed by atoms with Gasteiger partial charge in [-0.1, -0.05) is 17.7 Å². The molecular weight excluding hydrogens is 426 g/mol. The van der Waals surface area contributed by atoms with Gasteiger partial charge in [-0.05, 0) is 30.2 Å². The molecule has 2 N–H and O–H groups in total. The number of hydrogen-bond acceptors (Lipinski definition) is 6. The summed E-state index contributed by atoms with van der Waals surface area (Å²) >= 11 is 7.62. The van der Waals surface area contributed by atoms with Crippen molar-refractivity contribution in [1.29, 1.82) is 0 Å². The molecule has 3 aromatic rings. The van der Waals surface area contributed by atoms with E-state index in [-0.39, 0.29) is 18.2 Å². The van der Waals surface area contributed by atoms with E-state index >= 15 is 0 Å². The number of carbonyl (C=O) groups is 2. The Morgan fingerprint density at radius 3 is 2.90 bits per heavy atom. The standard InChI is InChI=1S/C21H20ClN3O4S/c1-23-19(27)8-12-2-3-14(9-15(12)22)29-17-4-6-24-16-10-18(30-20(16)17)21(28)25-7-5-13(26)11-25/h2-4,6,9-10,13,26H,5,7-8,11H2,1H3,(H,23,27)/t13-/m1/s1. The van der Waals surface area contributed by atoms with Crippen molar-refractivity contribution in [2.24, 2.45) is 0 Å². The van der Waals surface area contributed by atoms with Crippen molar-refractivity contribution in [2.45, 2.75) is 18.9 Å². The van der Waals surface area contributed by atoms with Gasteiger partial charge in [-0.2, -0.15) is 0 Å². The molecule has 0 unspecified atom stereocenters. The predicted molar refractivity (Wildman–Crippen MR) is 115 cm³/mol. The molecule has 0 aliphatic carbocycles. The normalized spacial score (nSPS) is 16.1. The molecule has 7 nitrogen and oxygen atoms in total. The Morgan fingerprint density at radius 2 is 2.20 bits per heavy atom. The van der Waals surface area contributed by atoms with E-state index in [4.69, 9.17) is 16.3 Å². The number of ether oxygens (including phenoxy) is 1. The van der Waals surface area contributed by atoms with E-state index in [2.05, 4.69) is 10.3 Å². The number of likely N-dealkylation sites (tertiary alicyclic amines) is 1. The van der Waals surface area contributed by atoms with Crippen LogP contribution in [0.2, 0.25) is 5.02 Å².